The van der Waals surface area contributed by atoms with Crippen LogP contribution >= 0.6 is 0 Å². The molecule has 116 valence electrons. The van der Waals surface area contributed by atoms with E-state index in [1.807, 2.05) is 24.3 Å². The van der Waals surface area contributed by atoms with Crippen molar-refractivity contribution in [2.75, 3.05) is 6.61 Å². The summed E-state index contributed by atoms with van der Waals surface area (Å²) in [4.78, 5) is 23.1. The van der Waals surface area contributed by atoms with E-state index in [0.29, 0.717) is 12.2 Å². The minimum Gasteiger partial charge on any atom is -0.464 e. The number of esters is 1. The number of carbonyl (C=O) groups excluding carboxylic acids is 2. The third-order valence-corrected chi connectivity index (χ3v) is 3.06. The van der Waals surface area contributed by atoms with E-state index < -0.39 is 12.0 Å². The number of nitrogens with zero attached hydrogens (tertiary/aromatic N) is 1. The van der Waals surface area contributed by atoms with Crippen molar-refractivity contribution < 1.29 is 18.8 Å². The molecule has 1 heterocycles. The number of ether oxygens (including phenoxy) is 1. The van der Waals surface area contributed by atoms with Gasteiger partial charge in [0.05, 0.1) is 12.8 Å². The van der Waals surface area contributed by atoms with Crippen molar-refractivity contribution in [1.29, 1.82) is 0 Å². The second-order valence-corrected chi connectivity index (χ2v) is 4.78. The Morgan fingerprint density at radius 2 is 2.00 bits per heavy atom. The Kier molecular flexibility index (Phi) is 5.30. The van der Waals surface area contributed by atoms with Crippen LogP contribution in [0.25, 0.3) is 11.3 Å². The highest BCUT2D eigenvalue weighted by atomic mass is 16.5. The van der Waals surface area contributed by atoms with E-state index in [1.54, 1.807) is 19.2 Å². The first kappa shape index (κ1) is 15.8. The molecule has 2 rings (SSSR count). The molecule has 0 fully saturated rings. The molecule has 22 heavy (non-hydrogen) atoms. The first-order valence-corrected chi connectivity index (χ1v) is 7.04. The predicted molar refractivity (Wildman–Crippen MR) is 79.9 cm³/mol. The first-order chi connectivity index (χ1) is 10.6. The van der Waals surface area contributed by atoms with E-state index in [-0.39, 0.29) is 12.5 Å². The third kappa shape index (κ3) is 4.18. The van der Waals surface area contributed by atoms with Gasteiger partial charge in [0.2, 0.25) is 5.91 Å². The number of benzene rings is 1. The molecule has 6 nitrogen and oxygen atoms in total. The van der Waals surface area contributed by atoms with Crippen LogP contribution in [-0.2, 0) is 20.7 Å². The second-order valence-electron chi connectivity index (χ2n) is 4.78. The lowest BCUT2D eigenvalue weighted by molar-refractivity contribution is -0.147. The van der Waals surface area contributed by atoms with Gasteiger partial charge in [0.1, 0.15) is 6.04 Å². The molecule has 1 atom stereocenters. The lowest BCUT2D eigenvalue weighted by atomic mass is 10.0. The number of hydrogen-bond acceptors (Lipinski definition) is 5. The summed E-state index contributed by atoms with van der Waals surface area (Å²) in [5.41, 5.74) is 1.81. The maximum atomic E-state index is 11.9. The predicted octanol–water partition coefficient (Wildman–Crippen LogP) is 1.95. The summed E-state index contributed by atoms with van der Waals surface area (Å²) in [6.45, 7) is 3.38. The summed E-state index contributed by atoms with van der Waals surface area (Å²) in [7, 11) is 0. The Morgan fingerprint density at radius 3 is 2.55 bits per heavy atom. The molecule has 0 bridgehead atoms. The fourth-order valence-electron chi connectivity index (χ4n) is 2.09. The molecule has 1 unspecified atom stereocenters. The monoisotopic (exact) mass is 302 g/mol. The van der Waals surface area contributed by atoms with E-state index >= 15 is 0 Å². The minimum absolute atomic E-state index is 0.267. The van der Waals surface area contributed by atoms with Crippen LogP contribution in [0.3, 0.4) is 0 Å². The number of aromatic nitrogens is 1. The van der Waals surface area contributed by atoms with Crippen molar-refractivity contribution in [2.24, 2.45) is 0 Å². The molecule has 0 radical (unpaired) electrons. The Hall–Kier alpha value is -2.63. The van der Waals surface area contributed by atoms with Crippen LogP contribution in [0.2, 0.25) is 0 Å². The minimum atomic E-state index is -0.687. The van der Waals surface area contributed by atoms with Gasteiger partial charge in [0, 0.05) is 25.0 Å². The van der Waals surface area contributed by atoms with E-state index in [1.165, 1.54) is 6.92 Å². The summed E-state index contributed by atoms with van der Waals surface area (Å²) >= 11 is 0. The molecule has 0 aliphatic carbocycles. The van der Waals surface area contributed by atoms with Crippen LogP contribution in [0.1, 0.15) is 19.4 Å². The highest BCUT2D eigenvalue weighted by molar-refractivity contribution is 5.83. The molecule has 1 aromatic carbocycles. The van der Waals surface area contributed by atoms with Gasteiger partial charge in [-0.2, -0.15) is 0 Å². The molecule has 0 saturated carbocycles. The molecule has 6 heteroatoms. The number of amides is 1. The lowest BCUT2D eigenvalue weighted by Crippen LogP contribution is -2.42. The third-order valence-electron chi connectivity index (χ3n) is 3.06. The van der Waals surface area contributed by atoms with Crippen LogP contribution < -0.4 is 5.32 Å². The fourth-order valence-corrected chi connectivity index (χ4v) is 2.09. The molecule has 1 amide bonds. The molecule has 0 aliphatic rings. The van der Waals surface area contributed by atoms with Gasteiger partial charge >= 0.3 is 5.97 Å². The Labute approximate surface area is 128 Å². The Balaban J connectivity index is 2.09. The van der Waals surface area contributed by atoms with E-state index in [0.717, 1.165) is 11.1 Å². The summed E-state index contributed by atoms with van der Waals surface area (Å²) in [6, 6.07) is 8.61. The summed E-state index contributed by atoms with van der Waals surface area (Å²) in [5.74, 6) is -0.0244. The largest absolute Gasteiger partial charge is 0.464 e. The Bertz CT molecular complexity index is 620. The van der Waals surface area contributed by atoms with Crippen LogP contribution in [0.5, 0.6) is 0 Å². The maximum Gasteiger partial charge on any atom is 0.328 e. The van der Waals surface area contributed by atoms with Gasteiger partial charge in [-0.1, -0.05) is 29.4 Å². The topological polar surface area (TPSA) is 81.4 Å². The molecule has 0 saturated heterocycles. The van der Waals surface area contributed by atoms with Crippen molar-refractivity contribution in [3.8, 4) is 11.3 Å². The zero-order valence-corrected chi connectivity index (χ0v) is 12.5. The van der Waals surface area contributed by atoms with E-state index in [2.05, 4.69) is 10.5 Å². The van der Waals surface area contributed by atoms with Crippen LogP contribution in [-0.4, -0.2) is 29.7 Å². The summed E-state index contributed by atoms with van der Waals surface area (Å²) < 4.78 is 10.1. The van der Waals surface area contributed by atoms with E-state index in [9.17, 15) is 9.59 Å². The van der Waals surface area contributed by atoms with Gasteiger partial charge in [-0.3, -0.25) is 4.79 Å². The summed E-state index contributed by atoms with van der Waals surface area (Å²) in [6.07, 6.45) is 1.95. The quantitative estimate of drug-likeness (QED) is 0.825. The zero-order valence-electron chi connectivity index (χ0n) is 12.5. The molecular formula is C16H18N2O4. The van der Waals surface area contributed by atoms with E-state index in [4.69, 9.17) is 9.26 Å². The van der Waals surface area contributed by atoms with Crippen LogP contribution in [0.15, 0.2) is 41.1 Å². The van der Waals surface area contributed by atoms with Gasteiger partial charge < -0.3 is 14.6 Å². The molecule has 2 aromatic rings. The fraction of sp³-hybridized carbons (Fsp3) is 0.312. The Morgan fingerprint density at radius 1 is 1.27 bits per heavy atom. The SMILES string of the molecule is CCOC(=O)C(Cc1ccc(-c2ccno2)cc1)NC(C)=O. The second kappa shape index (κ2) is 7.40. The molecule has 0 spiro atoms. The highest BCUT2D eigenvalue weighted by Crippen LogP contribution is 2.19. The van der Waals surface area contributed by atoms with Gasteiger partial charge in [-0.05, 0) is 12.5 Å². The zero-order chi connectivity index (χ0) is 15.9. The number of nitrogens with one attached hydrogen (secondary N) is 1. The van der Waals surface area contributed by atoms with Crippen molar-refractivity contribution >= 4 is 11.9 Å². The first-order valence-electron chi connectivity index (χ1n) is 7.04. The van der Waals surface area contributed by atoms with Gasteiger partial charge in [-0.15, -0.1) is 0 Å². The normalized spacial score (nSPS) is 11.7. The summed E-state index contributed by atoms with van der Waals surface area (Å²) in [5, 5.41) is 6.28. The lowest BCUT2D eigenvalue weighted by Gasteiger charge is -2.16. The number of hydrogen-bond donors (Lipinski definition) is 1. The average molecular weight is 302 g/mol. The van der Waals surface area contributed by atoms with Crippen molar-refractivity contribution in [3.05, 3.63) is 42.1 Å². The highest BCUT2D eigenvalue weighted by Gasteiger charge is 2.21. The molecule has 0 aliphatic heterocycles. The van der Waals surface area contributed by atoms with Crippen molar-refractivity contribution in [1.82, 2.24) is 10.5 Å². The smallest absolute Gasteiger partial charge is 0.328 e. The van der Waals surface area contributed by atoms with Gasteiger partial charge in [-0.25, -0.2) is 4.79 Å². The van der Waals surface area contributed by atoms with Crippen molar-refractivity contribution in [3.63, 3.8) is 0 Å². The average Bonchev–Trinajstić information content (AvgIpc) is 3.01. The number of rotatable bonds is 6. The molecule has 1 aromatic heterocycles. The molecule has 1 N–H and O–H groups in total. The number of carbonyl (C=O) groups is 2. The maximum absolute atomic E-state index is 11.9. The van der Waals surface area contributed by atoms with Crippen LogP contribution in [0, 0.1) is 0 Å². The van der Waals surface area contributed by atoms with Gasteiger partial charge in [0.25, 0.3) is 0 Å². The standard InChI is InChI=1S/C16H18N2O4/c1-3-21-16(20)14(18-11(2)19)10-12-4-6-13(7-5-12)15-8-9-17-22-15/h4-9,14H,3,10H2,1-2H3,(H,18,19). The van der Waals surface area contributed by atoms with Gasteiger partial charge in [0.15, 0.2) is 5.76 Å². The molecular weight excluding hydrogens is 284 g/mol. The van der Waals surface area contributed by atoms with Crippen molar-refractivity contribution in [2.45, 2.75) is 26.3 Å². The van der Waals surface area contributed by atoms with Crippen LogP contribution in [0.4, 0.5) is 0 Å².